The first kappa shape index (κ1) is 14.1. The molecule has 0 aromatic rings. The predicted molar refractivity (Wildman–Crippen MR) is 61.5 cm³/mol. The van der Waals surface area contributed by atoms with Crippen LogP contribution in [0.5, 0.6) is 0 Å². The fraction of sp³-hybridized carbons (Fsp3) is 0.727. The Kier molecular flexibility index (Phi) is 6.20. The van der Waals surface area contributed by atoms with Crippen molar-refractivity contribution in [2.45, 2.75) is 32.7 Å². The molecule has 0 heterocycles. The molecule has 0 fully saturated rings. The van der Waals surface area contributed by atoms with Gasteiger partial charge in [-0.1, -0.05) is 19.1 Å². The first-order valence-corrected chi connectivity index (χ1v) is 5.19. The van der Waals surface area contributed by atoms with E-state index in [-0.39, 0.29) is 5.91 Å². The SMILES string of the molecule is C=C(C)COCCNC(=O)C(C)(N)CC. The molecule has 4 heteroatoms. The van der Waals surface area contributed by atoms with Crippen molar-refractivity contribution in [3.05, 3.63) is 12.2 Å². The fourth-order valence-electron chi connectivity index (χ4n) is 0.846. The van der Waals surface area contributed by atoms with E-state index in [0.717, 1.165) is 5.57 Å². The average Bonchev–Trinajstić information content (AvgIpc) is 2.16. The summed E-state index contributed by atoms with van der Waals surface area (Å²) >= 11 is 0. The van der Waals surface area contributed by atoms with Crippen molar-refractivity contribution in [3.63, 3.8) is 0 Å². The molecule has 4 nitrogen and oxygen atoms in total. The smallest absolute Gasteiger partial charge is 0.239 e. The highest BCUT2D eigenvalue weighted by molar-refractivity contribution is 5.85. The second kappa shape index (κ2) is 6.58. The van der Waals surface area contributed by atoms with Gasteiger partial charge in [-0.25, -0.2) is 0 Å². The Morgan fingerprint density at radius 3 is 2.67 bits per heavy atom. The van der Waals surface area contributed by atoms with E-state index >= 15 is 0 Å². The molecule has 0 aliphatic heterocycles. The molecule has 0 saturated carbocycles. The third-order valence-electron chi connectivity index (χ3n) is 2.13. The molecule has 1 unspecified atom stereocenters. The van der Waals surface area contributed by atoms with Gasteiger partial charge in [0, 0.05) is 6.54 Å². The summed E-state index contributed by atoms with van der Waals surface area (Å²) in [5.74, 6) is -0.135. The van der Waals surface area contributed by atoms with Crippen LogP contribution in [-0.4, -0.2) is 31.2 Å². The molecule has 0 aromatic carbocycles. The highest BCUT2D eigenvalue weighted by atomic mass is 16.5. The number of hydrogen-bond donors (Lipinski definition) is 2. The zero-order chi connectivity index (χ0) is 11.9. The topological polar surface area (TPSA) is 64.3 Å². The van der Waals surface area contributed by atoms with Crippen molar-refractivity contribution in [1.29, 1.82) is 0 Å². The number of hydrogen-bond acceptors (Lipinski definition) is 3. The molecule has 3 N–H and O–H groups in total. The molecule has 88 valence electrons. The minimum absolute atomic E-state index is 0.135. The molecule has 1 amide bonds. The Bertz CT molecular complexity index is 225. The van der Waals surface area contributed by atoms with Crippen molar-refractivity contribution in [2.75, 3.05) is 19.8 Å². The molecule has 0 aliphatic rings. The van der Waals surface area contributed by atoms with Gasteiger partial charge in [0.1, 0.15) is 0 Å². The van der Waals surface area contributed by atoms with Gasteiger partial charge >= 0.3 is 0 Å². The van der Waals surface area contributed by atoms with Crippen LogP contribution in [0.25, 0.3) is 0 Å². The van der Waals surface area contributed by atoms with Gasteiger partial charge in [0.25, 0.3) is 0 Å². The number of nitrogens with one attached hydrogen (secondary N) is 1. The molecule has 0 rings (SSSR count). The van der Waals surface area contributed by atoms with Gasteiger partial charge in [0.2, 0.25) is 5.91 Å². The van der Waals surface area contributed by atoms with Gasteiger partial charge in [-0.3, -0.25) is 4.79 Å². The second-order valence-electron chi connectivity index (χ2n) is 4.04. The first-order chi connectivity index (χ1) is 6.90. The van der Waals surface area contributed by atoms with E-state index in [0.29, 0.717) is 26.2 Å². The molecule has 0 aliphatic carbocycles. The molecule has 0 spiro atoms. The summed E-state index contributed by atoms with van der Waals surface area (Å²) in [5.41, 5.74) is 5.94. The van der Waals surface area contributed by atoms with Gasteiger partial charge in [-0.05, 0) is 20.3 Å². The summed E-state index contributed by atoms with van der Waals surface area (Å²) in [4.78, 5) is 11.5. The number of amides is 1. The maximum Gasteiger partial charge on any atom is 0.239 e. The van der Waals surface area contributed by atoms with E-state index in [1.165, 1.54) is 0 Å². The molecule has 1 atom stereocenters. The van der Waals surface area contributed by atoms with Crippen LogP contribution < -0.4 is 11.1 Å². The van der Waals surface area contributed by atoms with Crippen molar-refractivity contribution in [3.8, 4) is 0 Å². The van der Waals surface area contributed by atoms with E-state index in [1.54, 1.807) is 6.92 Å². The number of ether oxygens (including phenoxy) is 1. The normalized spacial score (nSPS) is 14.4. The molecular weight excluding hydrogens is 192 g/mol. The zero-order valence-corrected chi connectivity index (χ0v) is 9.93. The van der Waals surface area contributed by atoms with E-state index < -0.39 is 5.54 Å². The van der Waals surface area contributed by atoms with E-state index in [2.05, 4.69) is 11.9 Å². The number of carbonyl (C=O) groups excluding carboxylic acids is 1. The monoisotopic (exact) mass is 214 g/mol. The standard InChI is InChI=1S/C11H22N2O2/c1-5-11(4,12)10(14)13-6-7-15-8-9(2)3/h2,5-8,12H2,1,3-4H3,(H,13,14). The van der Waals surface area contributed by atoms with Crippen LogP contribution in [0.3, 0.4) is 0 Å². The first-order valence-electron chi connectivity index (χ1n) is 5.19. The maximum absolute atomic E-state index is 11.5. The number of nitrogens with two attached hydrogens (primary N) is 1. The Morgan fingerprint density at radius 2 is 2.20 bits per heavy atom. The summed E-state index contributed by atoms with van der Waals surface area (Å²) in [6.45, 7) is 10.7. The van der Waals surface area contributed by atoms with Gasteiger partial charge in [0.05, 0.1) is 18.8 Å². The van der Waals surface area contributed by atoms with Gasteiger partial charge in [0.15, 0.2) is 0 Å². The van der Waals surface area contributed by atoms with Gasteiger partial charge in [-0.2, -0.15) is 0 Å². The summed E-state index contributed by atoms with van der Waals surface area (Å²) in [5, 5.41) is 2.73. The highest BCUT2D eigenvalue weighted by Crippen LogP contribution is 2.03. The minimum atomic E-state index is -0.783. The predicted octanol–water partition coefficient (Wildman–Crippen LogP) is 0.823. The Morgan fingerprint density at radius 1 is 1.60 bits per heavy atom. The van der Waals surface area contributed by atoms with Crippen molar-refractivity contribution in [2.24, 2.45) is 5.73 Å². The van der Waals surface area contributed by atoms with Crippen LogP contribution in [0, 0.1) is 0 Å². The lowest BCUT2D eigenvalue weighted by molar-refractivity contribution is -0.126. The molecule has 15 heavy (non-hydrogen) atoms. The average molecular weight is 214 g/mol. The second-order valence-corrected chi connectivity index (χ2v) is 4.04. The van der Waals surface area contributed by atoms with Gasteiger partial charge in [-0.15, -0.1) is 0 Å². The summed E-state index contributed by atoms with van der Waals surface area (Å²) < 4.78 is 5.24. The number of carbonyl (C=O) groups is 1. The van der Waals surface area contributed by atoms with Crippen LogP contribution in [0.4, 0.5) is 0 Å². The van der Waals surface area contributed by atoms with Crippen LogP contribution in [-0.2, 0) is 9.53 Å². The summed E-state index contributed by atoms with van der Waals surface area (Å²) in [6, 6.07) is 0. The lowest BCUT2D eigenvalue weighted by Gasteiger charge is -2.21. The Labute approximate surface area is 91.9 Å². The minimum Gasteiger partial charge on any atom is -0.375 e. The van der Waals surface area contributed by atoms with E-state index in [1.807, 2.05) is 13.8 Å². The third-order valence-corrected chi connectivity index (χ3v) is 2.13. The lowest BCUT2D eigenvalue weighted by atomic mass is 10.00. The molecule has 0 saturated heterocycles. The Balaban J connectivity index is 3.60. The molecule has 0 aromatic heterocycles. The van der Waals surface area contributed by atoms with E-state index in [9.17, 15) is 4.79 Å². The maximum atomic E-state index is 11.5. The quantitative estimate of drug-likeness (QED) is 0.487. The lowest BCUT2D eigenvalue weighted by Crippen LogP contribution is -2.51. The Hall–Kier alpha value is -0.870. The third kappa shape index (κ3) is 6.25. The molecule has 0 radical (unpaired) electrons. The summed E-state index contributed by atoms with van der Waals surface area (Å²) in [6.07, 6.45) is 0.617. The van der Waals surface area contributed by atoms with E-state index in [4.69, 9.17) is 10.5 Å². The van der Waals surface area contributed by atoms with Crippen molar-refractivity contribution in [1.82, 2.24) is 5.32 Å². The fourth-order valence-corrected chi connectivity index (χ4v) is 0.846. The van der Waals surface area contributed by atoms with Crippen molar-refractivity contribution < 1.29 is 9.53 Å². The van der Waals surface area contributed by atoms with Crippen LogP contribution >= 0.6 is 0 Å². The number of rotatable bonds is 7. The van der Waals surface area contributed by atoms with Gasteiger partial charge < -0.3 is 15.8 Å². The zero-order valence-electron chi connectivity index (χ0n) is 9.93. The van der Waals surface area contributed by atoms with Crippen LogP contribution in [0.1, 0.15) is 27.2 Å². The highest BCUT2D eigenvalue weighted by Gasteiger charge is 2.25. The largest absolute Gasteiger partial charge is 0.375 e. The van der Waals surface area contributed by atoms with Crippen LogP contribution in [0.15, 0.2) is 12.2 Å². The molecular formula is C11H22N2O2. The molecule has 0 bridgehead atoms. The summed E-state index contributed by atoms with van der Waals surface area (Å²) in [7, 11) is 0. The van der Waals surface area contributed by atoms with Crippen LogP contribution in [0.2, 0.25) is 0 Å². The van der Waals surface area contributed by atoms with Crippen molar-refractivity contribution >= 4 is 5.91 Å².